The summed E-state index contributed by atoms with van der Waals surface area (Å²) in [6.45, 7) is 17.6. The molecule has 0 aromatic carbocycles. The number of aryl methyl sites for hydroxylation is 1. The Labute approximate surface area is 203 Å². The van der Waals surface area contributed by atoms with E-state index in [-0.39, 0.29) is 0 Å². The van der Waals surface area contributed by atoms with Crippen LogP contribution in [0.15, 0.2) is 35.6 Å². The average Bonchev–Trinajstić information content (AvgIpc) is 2.77. The number of allylic oxidation sites excluding steroid dienone is 3. The monoisotopic (exact) mass is 473 g/mol. The van der Waals surface area contributed by atoms with Crippen LogP contribution in [-0.2, 0) is 11.0 Å². The number of likely N-dealkylation sites (tertiary alicyclic amines) is 1. The minimum atomic E-state index is -1.08. The predicted octanol–water partition coefficient (Wildman–Crippen LogP) is 4.37. The van der Waals surface area contributed by atoms with Crippen LogP contribution in [0.5, 0.6) is 0 Å². The Bertz CT molecular complexity index is 871. The minimum Gasteiger partial charge on any atom is -0.354 e. The van der Waals surface area contributed by atoms with Crippen molar-refractivity contribution in [2.75, 3.05) is 55.1 Å². The van der Waals surface area contributed by atoms with Crippen molar-refractivity contribution in [1.29, 1.82) is 0 Å². The number of aromatic nitrogens is 1. The number of piperidine rings is 1. The summed E-state index contributed by atoms with van der Waals surface area (Å²) in [6.07, 6.45) is 11.6. The van der Waals surface area contributed by atoms with Crippen LogP contribution in [0.25, 0.3) is 0 Å². The highest BCUT2D eigenvalue weighted by Gasteiger charge is 2.33. The third kappa shape index (κ3) is 7.39. The van der Waals surface area contributed by atoms with Gasteiger partial charge >= 0.3 is 0 Å². The van der Waals surface area contributed by atoms with Crippen LogP contribution in [0.2, 0.25) is 0 Å². The minimum absolute atomic E-state index is 0.566. The first-order valence-electron chi connectivity index (χ1n) is 12.4. The molecule has 6 nitrogen and oxygen atoms in total. The molecular weight excluding hydrogens is 430 g/mol. The Hall–Kier alpha value is -1.70. The zero-order valence-electron chi connectivity index (χ0n) is 21.4. The molecule has 2 unspecified atom stereocenters. The van der Waals surface area contributed by atoms with Crippen molar-refractivity contribution >= 4 is 22.5 Å². The summed E-state index contributed by atoms with van der Waals surface area (Å²) in [5.41, 5.74) is 4.76. The maximum Gasteiger partial charge on any atom is 0.131 e. The number of piperazine rings is 1. The van der Waals surface area contributed by atoms with Crippen molar-refractivity contribution in [3.63, 3.8) is 0 Å². The van der Waals surface area contributed by atoms with Gasteiger partial charge in [-0.05, 0) is 71.7 Å². The molecule has 3 rings (SSSR count). The van der Waals surface area contributed by atoms with Gasteiger partial charge in [0, 0.05) is 44.5 Å². The van der Waals surface area contributed by atoms with Gasteiger partial charge in [-0.3, -0.25) is 9.80 Å². The molecule has 1 aromatic heterocycles. The van der Waals surface area contributed by atoms with Crippen molar-refractivity contribution in [2.45, 2.75) is 66.0 Å². The van der Waals surface area contributed by atoms with E-state index in [1.54, 1.807) is 12.5 Å². The first-order chi connectivity index (χ1) is 15.8. The fourth-order valence-electron chi connectivity index (χ4n) is 5.15. The van der Waals surface area contributed by atoms with E-state index < -0.39 is 11.0 Å². The van der Waals surface area contributed by atoms with E-state index in [0.717, 1.165) is 49.7 Å². The summed E-state index contributed by atoms with van der Waals surface area (Å²) in [5.74, 6) is 1.06. The number of pyridine rings is 1. The lowest BCUT2D eigenvalue weighted by Crippen LogP contribution is -2.58. The molecule has 1 N–H and O–H groups in total. The van der Waals surface area contributed by atoms with Gasteiger partial charge in [0.25, 0.3) is 0 Å². The van der Waals surface area contributed by atoms with E-state index in [9.17, 15) is 4.21 Å². The second-order valence-corrected chi connectivity index (χ2v) is 11.0. The fourth-order valence-corrected chi connectivity index (χ4v) is 5.59. The van der Waals surface area contributed by atoms with Gasteiger partial charge in [0.05, 0.1) is 11.9 Å². The zero-order valence-corrected chi connectivity index (χ0v) is 22.2. The molecule has 0 radical (unpaired) electrons. The van der Waals surface area contributed by atoms with Crippen LogP contribution in [0, 0.1) is 6.92 Å². The third-order valence-corrected chi connectivity index (χ3v) is 7.33. The van der Waals surface area contributed by atoms with Crippen molar-refractivity contribution in [3.8, 4) is 0 Å². The quantitative estimate of drug-likeness (QED) is 0.568. The lowest BCUT2D eigenvalue weighted by molar-refractivity contribution is 0.0657. The smallest absolute Gasteiger partial charge is 0.131 e. The maximum absolute atomic E-state index is 11.5. The lowest BCUT2D eigenvalue weighted by Gasteiger charge is -2.48. The van der Waals surface area contributed by atoms with Crippen molar-refractivity contribution in [3.05, 3.63) is 41.1 Å². The highest BCUT2D eigenvalue weighted by atomic mass is 32.2. The molecule has 3 heterocycles. The fraction of sp³-hybridized carbons (Fsp3) is 0.654. The summed E-state index contributed by atoms with van der Waals surface area (Å²) in [5, 5.41) is 0. The van der Waals surface area contributed by atoms with Gasteiger partial charge in [0.2, 0.25) is 0 Å². The van der Waals surface area contributed by atoms with Crippen molar-refractivity contribution in [2.24, 2.45) is 0 Å². The zero-order chi connectivity index (χ0) is 24.0. The van der Waals surface area contributed by atoms with Crippen LogP contribution < -0.4 is 9.62 Å². The van der Waals surface area contributed by atoms with Gasteiger partial charge < -0.3 is 9.62 Å². The predicted molar refractivity (Wildman–Crippen MR) is 142 cm³/mol. The van der Waals surface area contributed by atoms with E-state index in [4.69, 9.17) is 4.98 Å². The third-order valence-electron chi connectivity index (χ3n) is 6.81. The van der Waals surface area contributed by atoms with Gasteiger partial charge in [0.15, 0.2) is 0 Å². The number of anilines is 2. The summed E-state index contributed by atoms with van der Waals surface area (Å²) >= 11 is 0. The molecule has 33 heavy (non-hydrogen) atoms. The first kappa shape index (κ1) is 25.9. The molecule has 2 saturated heterocycles. The second-order valence-electron chi connectivity index (χ2n) is 9.93. The van der Waals surface area contributed by atoms with Gasteiger partial charge in [0.1, 0.15) is 16.8 Å². The molecule has 7 heteroatoms. The van der Waals surface area contributed by atoms with Gasteiger partial charge in [-0.25, -0.2) is 9.19 Å². The summed E-state index contributed by atoms with van der Waals surface area (Å²) in [7, 11) is -1.08. The molecule has 0 amide bonds. The molecule has 2 aliphatic rings. The Morgan fingerprint density at radius 1 is 1.18 bits per heavy atom. The van der Waals surface area contributed by atoms with Crippen molar-refractivity contribution < 1.29 is 4.21 Å². The van der Waals surface area contributed by atoms with Crippen LogP contribution in [0.1, 0.15) is 52.5 Å². The number of nitrogens with one attached hydrogen (secondary N) is 1. The van der Waals surface area contributed by atoms with Gasteiger partial charge in [-0.1, -0.05) is 30.2 Å². The number of nitrogens with zero attached hydrogens (tertiary/aromatic N) is 4. The molecule has 1 aromatic rings. The van der Waals surface area contributed by atoms with Crippen molar-refractivity contribution in [1.82, 2.24) is 14.8 Å². The molecule has 0 saturated carbocycles. The molecule has 2 aliphatic heterocycles. The molecule has 2 atom stereocenters. The number of rotatable bonds is 8. The molecular formula is C26H43N5OS. The lowest BCUT2D eigenvalue weighted by atomic mass is 9.97. The molecule has 0 spiro atoms. The summed E-state index contributed by atoms with van der Waals surface area (Å²) in [6, 6.07) is 3.31. The van der Waals surface area contributed by atoms with Crippen LogP contribution >= 0.6 is 0 Å². The van der Waals surface area contributed by atoms with Crippen LogP contribution in [0.3, 0.4) is 0 Å². The molecule has 2 fully saturated rings. The topological polar surface area (TPSA) is 51.7 Å². The van der Waals surface area contributed by atoms with Gasteiger partial charge in [-0.15, -0.1) is 0 Å². The Kier molecular flexibility index (Phi) is 9.53. The highest BCUT2D eigenvalue weighted by molar-refractivity contribution is 7.85. The Morgan fingerprint density at radius 3 is 2.52 bits per heavy atom. The van der Waals surface area contributed by atoms with E-state index in [2.05, 4.69) is 72.3 Å². The van der Waals surface area contributed by atoms with E-state index in [1.807, 2.05) is 0 Å². The summed E-state index contributed by atoms with van der Waals surface area (Å²) < 4.78 is 14.4. The van der Waals surface area contributed by atoms with E-state index in [1.165, 1.54) is 37.1 Å². The Morgan fingerprint density at radius 2 is 1.91 bits per heavy atom. The first-order valence-corrected chi connectivity index (χ1v) is 13.9. The van der Waals surface area contributed by atoms with Crippen LogP contribution in [0.4, 0.5) is 11.5 Å². The largest absolute Gasteiger partial charge is 0.354 e. The normalized spacial score (nSPS) is 22.3. The average molecular weight is 474 g/mol. The molecule has 0 bridgehead atoms. The van der Waals surface area contributed by atoms with Gasteiger partial charge in [-0.2, -0.15) is 0 Å². The maximum atomic E-state index is 11.5. The molecule has 0 aliphatic carbocycles. The van der Waals surface area contributed by atoms with Crippen LogP contribution in [-0.4, -0.2) is 76.6 Å². The highest BCUT2D eigenvalue weighted by Crippen LogP contribution is 2.28. The second kappa shape index (κ2) is 12.1. The van der Waals surface area contributed by atoms with E-state index >= 15 is 0 Å². The standard InChI is InChI=1S/C26H43N5OS/c1-7-24-19-30(26-22(5)16-23(17-27-26)28-33(6)32)14-15-31(24)25-10-12-29(13-11-25)18-21(4)9-8-20(2)3/h8-9,16-17,24-25,28H,7,10-15,18-19H2,1-6H3/b21-9+. The SMILES string of the molecule is CCC1CN(c2ncc(NS(C)=O)cc2C)CCN1C1CCN(C/C(C)=C/C=C(C)C)CC1. The summed E-state index contributed by atoms with van der Waals surface area (Å²) in [4.78, 5) is 12.6. The Balaban J connectivity index is 1.56. The molecule has 184 valence electrons. The number of hydrogen-bond acceptors (Lipinski definition) is 5. The number of hydrogen-bond donors (Lipinski definition) is 1. The van der Waals surface area contributed by atoms with E-state index in [0.29, 0.717) is 12.1 Å².